The second-order valence-corrected chi connectivity index (χ2v) is 9.70. The second kappa shape index (κ2) is 13.1. The van der Waals surface area contributed by atoms with Crippen LogP contribution in [0.5, 0.6) is 5.75 Å². The lowest BCUT2D eigenvalue weighted by Gasteiger charge is -2.19. The lowest BCUT2D eigenvalue weighted by Crippen LogP contribution is -2.14. The second-order valence-electron chi connectivity index (χ2n) is 9.26. The molecule has 200 valence electrons. The summed E-state index contributed by atoms with van der Waals surface area (Å²) in [6.45, 7) is 1.03. The highest BCUT2D eigenvalue weighted by molar-refractivity contribution is 6.31. The number of halogens is 1. The van der Waals surface area contributed by atoms with Crippen LogP contribution in [0.1, 0.15) is 38.7 Å². The van der Waals surface area contributed by atoms with Gasteiger partial charge in [0.15, 0.2) is 0 Å². The van der Waals surface area contributed by atoms with Crippen LogP contribution in [0.15, 0.2) is 109 Å². The van der Waals surface area contributed by atoms with Crippen molar-refractivity contribution in [2.24, 2.45) is 0 Å². The number of hydrogen-bond donors (Lipinski definition) is 1. The summed E-state index contributed by atoms with van der Waals surface area (Å²) < 4.78 is 11.7. The van der Waals surface area contributed by atoms with Gasteiger partial charge in [0.1, 0.15) is 17.9 Å². The van der Waals surface area contributed by atoms with Gasteiger partial charge in [-0.3, -0.25) is 0 Å². The van der Waals surface area contributed by atoms with Gasteiger partial charge < -0.3 is 14.6 Å². The van der Waals surface area contributed by atoms with Crippen molar-refractivity contribution in [2.75, 3.05) is 19.8 Å². The van der Waals surface area contributed by atoms with Crippen LogP contribution in [-0.4, -0.2) is 35.9 Å². The Balaban J connectivity index is 1.28. The third-order valence-electron chi connectivity index (χ3n) is 6.52. The van der Waals surface area contributed by atoms with E-state index >= 15 is 0 Å². The first-order valence-corrected chi connectivity index (χ1v) is 13.4. The molecule has 1 unspecified atom stereocenters. The molecule has 5 aromatic rings. The minimum atomic E-state index is -1.02. The van der Waals surface area contributed by atoms with E-state index in [1.807, 2.05) is 60.7 Å². The molecule has 0 radical (unpaired) electrons. The number of fused-ring (bicyclic) bond motifs is 1. The zero-order chi connectivity index (χ0) is 27.7. The van der Waals surface area contributed by atoms with E-state index in [0.717, 1.165) is 33.3 Å². The number of para-hydroxylation sites is 1. The van der Waals surface area contributed by atoms with Gasteiger partial charge in [-0.2, -0.15) is 0 Å². The Morgan fingerprint density at radius 2 is 1.60 bits per heavy atom. The number of rotatable bonds is 11. The van der Waals surface area contributed by atoms with E-state index < -0.39 is 5.97 Å². The molecule has 0 fully saturated rings. The standard InChI is InChI=1S/C34H28ClNO4/c35-28-16-14-26-15-18-29(36-32(26)22-28)17-13-24-7-6-10-27(21-24)31(25-8-2-1-3-9-25)23-39-19-20-40-33-12-5-4-11-30(33)34(37)38/h1-18,21-22,31H,19-20,23H2,(H,37,38)/b17-13+. The highest BCUT2D eigenvalue weighted by atomic mass is 35.5. The van der Waals surface area contributed by atoms with Crippen molar-refractivity contribution in [3.05, 3.63) is 142 Å². The maximum Gasteiger partial charge on any atom is 0.339 e. The lowest BCUT2D eigenvalue weighted by atomic mass is 9.91. The third-order valence-corrected chi connectivity index (χ3v) is 6.76. The fraction of sp³-hybridized carbons (Fsp3) is 0.118. The van der Waals surface area contributed by atoms with Crippen LogP contribution in [0.3, 0.4) is 0 Å². The van der Waals surface area contributed by atoms with Crippen LogP contribution in [0.2, 0.25) is 5.02 Å². The number of nitrogens with zero attached hydrogens (tertiary/aromatic N) is 1. The van der Waals surface area contributed by atoms with E-state index in [2.05, 4.69) is 36.4 Å². The number of carboxylic acid groups (broad SMARTS) is 1. The summed E-state index contributed by atoms with van der Waals surface area (Å²) in [5.41, 5.74) is 5.18. The predicted octanol–water partition coefficient (Wildman–Crippen LogP) is 7.98. The number of aromatic carboxylic acids is 1. The zero-order valence-corrected chi connectivity index (χ0v) is 22.5. The fourth-order valence-electron chi connectivity index (χ4n) is 4.51. The molecule has 0 saturated heterocycles. The Hall–Kier alpha value is -4.45. The number of ether oxygens (including phenoxy) is 2. The summed E-state index contributed by atoms with van der Waals surface area (Å²) in [5, 5.41) is 11.1. The van der Waals surface area contributed by atoms with Crippen molar-refractivity contribution in [1.29, 1.82) is 0 Å². The number of benzene rings is 4. The van der Waals surface area contributed by atoms with Crippen molar-refractivity contribution < 1.29 is 19.4 Å². The molecule has 40 heavy (non-hydrogen) atoms. The van der Waals surface area contributed by atoms with Crippen molar-refractivity contribution in [3.8, 4) is 5.75 Å². The molecule has 1 N–H and O–H groups in total. The van der Waals surface area contributed by atoms with Gasteiger partial charge in [0.2, 0.25) is 0 Å². The molecule has 0 amide bonds. The van der Waals surface area contributed by atoms with Crippen LogP contribution >= 0.6 is 11.6 Å². The topological polar surface area (TPSA) is 68.7 Å². The maximum atomic E-state index is 11.4. The van der Waals surface area contributed by atoms with Gasteiger partial charge in [0, 0.05) is 16.3 Å². The minimum absolute atomic E-state index is 0.0155. The van der Waals surface area contributed by atoms with Gasteiger partial charge in [0.25, 0.3) is 0 Å². The first-order chi connectivity index (χ1) is 19.6. The summed E-state index contributed by atoms with van der Waals surface area (Å²) in [4.78, 5) is 16.1. The van der Waals surface area contributed by atoms with Crippen molar-refractivity contribution in [2.45, 2.75) is 5.92 Å². The average molecular weight is 550 g/mol. The molecule has 0 spiro atoms. The molecule has 0 aliphatic heterocycles. The summed E-state index contributed by atoms with van der Waals surface area (Å²) in [6.07, 6.45) is 4.05. The van der Waals surface area contributed by atoms with E-state index in [4.69, 9.17) is 26.1 Å². The first kappa shape index (κ1) is 27.1. The van der Waals surface area contributed by atoms with Crippen LogP contribution in [0, 0.1) is 0 Å². The van der Waals surface area contributed by atoms with Crippen LogP contribution in [0.4, 0.5) is 0 Å². The van der Waals surface area contributed by atoms with E-state index in [9.17, 15) is 9.90 Å². The zero-order valence-electron chi connectivity index (χ0n) is 21.7. The SMILES string of the molecule is O=C(O)c1ccccc1OCCOCC(c1ccccc1)c1cccc(/C=C/c2ccc3ccc(Cl)cc3n2)c1. The van der Waals surface area contributed by atoms with Gasteiger partial charge >= 0.3 is 5.97 Å². The van der Waals surface area contributed by atoms with E-state index in [1.165, 1.54) is 6.07 Å². The van der Waals surface area contributed by atoms with Gasteiger partial charge in [-0.05, 0) is 53.1 Å². The predicted molar refractivity (Wildman–Crippen MR) is 160 cm³/mol. The molecule has 1 heterocycles. The fourth-order valence-corrected chi connectivity index (χ4v) is 4.68. The number of pyridine rings is 1. The first-order valence-electron chi connectivity index (χ1n) is 13.0. The summed E-state index contributed by atoms with van der Waals surface area (Å²) in [5.74, 6) is -0.668. The van der Waals surface area contributed by atoms with E-state index in [-0.39, 0.29) is 18.1 Å². The van der Waals surface area contributed by atoms with Gasteiger partial charge in [-0.25, -0.2) is 9.78 Å². The van der Waals surface area contributed by atoms with Crippen LogP contribution in [0.25, 0.3) is 23.1 Å². The monoisotopic (exact) mass is 549 g/mol. The average Bonchev–Trinajstić information content (AvgIpc) is 2.98. The number of carboxylic acids is 1. The van der Waals surface area contributed by atoms with Crippen molar-refractivity contribution >= 4 is 40.6 Å². The Morgan fingerprint density at radius 3 is 2.45 bits per heavy atom. The molecule has 5 nitrogen and oxygen atoms in total. The molecule has 1 atom stereocenters. The Kier molecular flexibility index (Phi) is 8.86. The normalized spacial score (nSPS) is 12.0. The van der Waals surface area contributed by atoms with Crippen molar-refractivity contribution in [1.82, 2.24) is 4.98 Å². The smallest absolute Gasteiger partial charge is 0.339 e. The molecule has 0 bridgehead atoms. The van der Waals surface area contributed by atoms with Crippen molar-refractivity contribution in [3.63, 3.8) is 0 Å². The van der Waals surface area contributed by atoms with Crippen LogP contribution < -0.4 is 4.74 Å². The molecule has 6 heteroatoms. The molecule has 1 aromatic heterocycles. The minimum Gasteiger partial charge on any atom is -0.490 e. The summed E-state index contributed by atoms with van der Waals surface area (Å²) in [7, 11) is 0. The van der Waals surface area contributed by atoms with E-state index in [1.54, 1.807) is 18.2 Å². The molecular weight excluding hydrogens is 522 g/mol. The van der Waals surface area contributed by atoms with E-state index in [0.29, 0.717) is 24.0 Å². The molecular formula is C34H28ClNO4. The molecule has 0 saturated carbocycles. The largest absolute Gasteiger partial charge is 0.490 e. The van der Waals surface area contributed by atoms with Crippen LogP contribution in [-0.2, 0) is 4.74 Å². The maximum absolute atomic E-state index is 11.4. The third kappa shape index (κ3) is 6.94. The molecule has 5 rings (SSSR count). The quantitative estimate of drug-likeness (QED) is 0.169. The lowest BCUT2D eigenvalue weighted by molar-refractivity contribution is 0.0684. The van der Waals surface area contributed by atoms with Gasteiger partial charge in [-0.15, -0.1) is 0 Å². The molecule has 0 aliphatic carbocycles. The highest BCUT2D eigenvalue weighted by Crippen LogP contribution is 2.27. The number of hydrogen-bond acceptors (Lipinski definition) is 4. The molecule has 4 aromatic carbocycles. The molecule has 0 aliphatic rings. The Morgan fingerprint density at radius 1 is 0.825 bits per heavy atom. The highest BCUT2D eigenvalue weighted by Gasteiger charge is 2.15. The Labute approximate surface area is 238 Å². The number of carbonyl (C=O) groups is 1. The summed E-state index contributed by atoms with van der Waals surface area (Å²) >= 11 is 6.14. The van der Waals surface area contributed by atoms with Gasteiger partial charge in [0.05, 0.1) is 24.4 Å². The Bertz CT molecular complexity index is 1630. The van der Waals surface area contributed by atoms with Gasteiger partial charge in [-0.1, -0.05) is 96.5 Å². The number of aromatic nitrogens is 1. The summed E-state index contributed by atoms with van der Waals surface area (Å²) in [6, 6.07) is 35.0.